The first-order chi connectivity index (χ1) is 10.6. The molecule has 5 nitrogen and oxygen atoms in total. The monoisotopic (exact) mass is 298 g/mol. The van der Waals surface area contributed by atoms with E-state index in [9.17, 15) is 9.90 Å². The van der Waals surface area contributed by atoms with Gasteiger partial charge in [-0.05, 0) is 37.3 Å². The Morgan fingerprint density at radius 1 is 1.27 bits per heavy atom. The Morgan fingerprint density at radius 2 is 2.05 bits per heavy atom. The summed E-state index contributed by atoms with van der Waals surface area (Å²) in [5.41, 5.74) is 2.07. The van der Waals surface area contributed by atoms with E-state index >= 15 is 0 Å². The summed E-state index contributed by atoms with van der Waals surface area (Å²) >= 11 is 0. The molecule has 0 spiro atoms. The summed E-state index contributed by atoms with van der Waals surface area (Å²) in [4.78, 5) is 14.2. The number of phenolic OH excluding ortho intramolecular Hbond substituents is 1. The van der Waals surface area contributed by atoms with Crippen LogP contribution in [0.4, 0.5) is 5.69 Å². The number of carbonyl (C=O) groups is 1. The molecule has 2 aromatic rings. The number of hydrogen-bond donors (Lipinski definition) is 2. The van der Waals surface area contributed by atoms with Gasteiger partial charge in [0.2, 0.25) is 0 Å². The summed E-state index contributed by atoms with van der Waals surface area (Å²) in [6.45, 7) is 2.44. The van der Waals surface area contributed by atoms with Crippen molar-refractivity contribution in [2.45, 2.75) is 13.1 Å². The van der Waals surface area contributed by atoms with Gasteiger partial charge < -0.3 is 20.1 Å². The van der Waals surface area contributed by atoms with Crippen LogP contribution in [0.2, 0.25) is 0 Å². The Hall–Kier alpha value is -2.69. The quantitative estimate of drug-likeness (QED) is 0.914. The van der Waals surface area contributed by atoms with E-state index in [2.05, 4.69) is 5.32 Å². The number of carbonyl (C=O) groups excluding carboxylic acids is 1. The van der Waals surface area contributed by atoms with Gasteiger partial charge in [-0.25, -0.2) is 0 Å². The highest BCUT2D eigenvalue weighted by molar-refractivity contribution is 6.02. The van der Waals surface area contributed by atoms with Crippen LogP contribution in [0.1, 0.15) is 29.0 Å². The van der Waals surface area contributed by atoms with E-state index < -0.39 is 6.17 Å². The molecule has 22 heavy (non-hydrogen) atoms. The molecule has 0 saturated carbocycles. The van der Waals surface area contributed by atoms with Gasteiger partial charge in [0, 0.05) is 12.6 Å². The maximum absolute atomic E-state index is 12.3. The number of phenols is 1. The molecule has 0 saturated heterocycles. The van der Waals surface area contributed by atoms with Gasteiger partial charge >= 0.3 is 0 Å². The molecule has 114 valence electrons. The number of nitrogens with zero attached hydrogens (tertiary/aromatic N) is 1. The van der Waals surface area contributed by atoms with E-state index in [0.717, 1.165) is 5.69 Å². The SMILES string of the molecule is CCOc1ccc(O)c([C@H]2NC(=O)c3ccccc3N2C)c1. The number of nitrogens with one attached hydrogen (secondary N) is 1. The van der Waals surface area contributed by atoms with Crippen molar-refractivity contribution >= 4 is 11.6 Å². The zero-order valence-electron chi connectivity index (χ0n) is 12.5. The maximum atomic E-state index is 12.3. The molecule has 3 rings (SSSR count). The lowest BCUT2D eigenvalue weighted by molar-refractivity contribution is 0.0927. The molecule has 1 aliphatic rings. The molecule has 5 heteroatoms. The maximum Gasteiger partial charge on any atom is 0.255 e. The van der Waals surface area contributed by atoms with Crippen LogP contribution in [0.25, 0.3) is 0 Å². The van der Waals surface area contributed by atoms with Crippen molar-refractivity contribution in [3.63, 3.8) is 0 Å². The van der Waals surface area contributed by atoms with Gasteiger partial charge in [-0.3, -0.25) is 4.79 Å². The first-order valence-electron chi connectivity index (χ1n) is 7.20. The summed E-state index contributed by atoms with van der Waals surface area (Å²) in [5, 5.41) is 13.1. The van der Waals surface area contributed by atoms with E-state index in [4.69, 9.17) is 4.74 Å². The second-order valence-electron chi connectivity index (χ2n) is 5.16. The normalized spacial score (nSPS) is 16.9. The highest BCUT2D eigenvalue weighted by Crippen LogP contribution is 2.36. The smallest absolute Gasteiger partial charge is 0.255 e. The minimum absolute atomic E-state index is 0.125. The standard InChI is InChI=1S/C17H18N2O3/c1-3-22-11-8-9-15(20)13(10-11)16-18-17(21)12-6-4-5-7-14(12)19(16)2/h4-10,16,20H,3H2,1-2H3,(H,18,21)/t16-/m0/s1. The van der Waals surface area contributed by atoms with Gasteiger partial charge in [0.15, 0.2) is 0 Å². The summed E-state index contributed by atoms with van der Waals surface area (Å²) in [5.74, 6) is 0.636. The Bertz CT molecular complexity index is 715. The van der Waals surface area contributed by atoms with E-state index in [-0.39, 0.29) is 11.7 Å². The van der Waals surface area contributed by atoms with Crippen LogP contribution in [-0.4, -0.2) is 24.7 Å². The van der Waals surface area contributed by atoms with Crippen molar-refractivity contribution in [1.29, 1.82) is 0 Å². The lowest BCUT2D eigenvalue weighted by atomic mass is 10.0. The number of para-hydroxylation sites is 1. The average Bonchev–Trinajstić information content (AvgIpc) is 2.53. The highest BCUT2D eigenvalue weighted by atomic mass is 16.5. The summed E-state index contributed by atoms with van der Waals surface area (Å²) in [7, 11) is 1.88. The molecule has 2 aromatic carbocycles. The van der Waals surface area contributed by atoms with Crippen LogP contribution in [0.5, 0.6) is 11.5 Å². The summed E-state index contributed by atoms with van der Waals surface area (Å²) < 4.78 is 5.48. The summed E-state index contributed by atoms with van der Waals surface area (Å²) in [6, 6.07) is 12.5. The molecule has 0 aromatic heterocycles. The molecule has 0 aliphatic carbocycles. The van der Waals surface area contributed by atoms with E-state index in [1.165, 1.54) is 0 Å². The Balaban J connectivity index is 2.03. The predicted molar refractivity (Wildman–Crippen MR) is 84.3 cm³/mol. The average molecular weight is 298 g/mol. The fourth-order valence-corrected chi connectivity index (χ4v) is 2.71. The van der Waals surface area contributed by atoms with Crippen molar-refractivity contribution in [3.05, 3.63) is 53.6 Å². The molecule has 2 N–H and O–H groups in total. The van der Waals surface area contributed by atoms with Crippen LogP contribution >= 0.6 is 0 Å². The van der Waals surface area contributed by atoms with Gasteiger partial charge in [-0.15, -0.1) is 0 Å². The van der Waals surface area contributed by atoms with E-state index in [1.807, 2.05) is 37.1 Å². The minimum Gasteiger partial charge on any atom is -0.508 e. The van der Waals surface area contributed by atoms with Crippen LogP contribution in [0.15, 0.2) is 42.5 Å². The predicted octanol–water partition coefficient (Wildman–Crippen LogP) is 2.67. The Kier molecular flexibility index (Phi) is 3.63. The number of hydrogen-bond acceptors (Lipinski definition) is 4. The lowest BCUT2D eigenvalue weighted by Crippen LogP contribution is -2.44. The third-order valence-electron chi connectivity index (χ3n) is 3.79. The minimum atomic E-state index is -0.442. The molecule has 0 radical (unpaired) electrons. The van der Waals surface area contributed by atoms with Gasteiger partial charge in [0.1, 0.15) is 17.7 Å². The van der Waals surface area contributed by atoms with E-state index in [0.29, 0.717) is 23.5 Å². The van der Waals surface area contributed by atoms with Crippen molar-refractivity contribution in [2.75, 3.05) is 18.6 Å². The number of anilines is 1. The fourth-order valence-electron chi connectivity index (χ4n) is 2.71. The Morgan fingerprint density at radius 3 is 2.82 bits per heavy atom. The molecule has 0 fully saturated rings. The van der Waals surface area contributed by atoms with E-state index in [1.54, 1.807) is 24.3 Å². The molecule has 1 atom stereocenters. The largest absolute Gasteiger partial charge is 0.508 e. The number of ether oxygens (including phenoxy) is 1. The molecule has 0 unspecified atom stereocenters. The summed E-state index contributed by atoms with van der Waals surface area (Å²) in [6.07, 6.45) is -0.442. The second kappa shape index (κ2) is 5.60. The zero-order chi connectivity index (χ0) is 15.7. The zero-order valence-corrected chi connectivity index (χ0v) is 12.5. The Labute approximate surface area is 129 Å². The topological polar surface area (TPSA) is 61.8 Å². The third-order valence-corrected chi connectivity index (χ3v) is 3.79. The molecule has 1 amide bonds. The highest BCUT2D eigenvalue weighted by Gasteiger charge is 2.30. The number of benzene rings is 2. The van der Waals surface area contributed by atoms with Gasteiger partial charge in [0.25, 0.3) is 5.91 Å². The number of aromatic hydroxyl groups is 1. The number of fused-ring (bicyclic) bond motifs is 1. The molecule has 1 heterocycles. The van der Waals surface area contributed by atoms with Gasteiger partial charge in [-0.1, -0.05) is 12.1 Å². The van der Waals surface area contributed by atoms with Crippen LogP contribution in [0, 0.1) is 0 Å². The fraction of sp³-hybridized carbons (Fsp3) is 0.235. The van der Waals surface area contributed by atoms with Crippen molar-refractivity contribution < 1.29 is 14.6 Å². The van der Waals surface area contributed by atoms with Crippen molar-refractivity contribution in [2.24, 2.45) is 0 Å². The second-order valence-corrected chi connectivity index (χ2v) is 5.16. The van der Waals surface area contributed by atoms with Crippen LogP contribution < -0.4 is 15.0 Å². The van der Waals surface area contributed by atoms with Crippen molar-refractivity contribution in [3.8, 4) is 11.5 Å². The van der Waals surface area contributed by atoms with Crippen LogP contribution in [-0.2, 0) is 0 Å². The lowest BCUT2D eigenvalue weighted by Gasteiger charge is -2.36. The third kappa shape index (κ3) is 2.35. The molecule has 1 aliphatic heterocycles. The molecular formula is C17H18N2O3. The van der Waals surface area contributed by atoms with Gasteiger partial charge in [-0.2, -0.15) is 0 Å². The molecule has 0 bridgehead atoms. The molecular weight excluding hydrogens is 280 g/mol. The first-order valence-corrected chi connectivity index (χ1v) is 7.20. The first kappa shape index (κ1) is 14.3. The van der Waals surface area contributed by atoms with Crippen LogP contribution in [0.3, 0.4) is 0 Å². The van der Waals surface area contributed by atoms with Gasteiger partial charge in [0.05, 0.1) is 17.9 Å². The van der Waals surface area contributed by atoms with Crippen molar-refractivity contribution in [1.82, 2.24) is 5.32 Å². The number of amides is 1. The number of rotatable bonds is 3.